The maximum atomic E-state index is 13.1. The Hall–Kier alpha value is -1.74. The van der Waals surface area contributed by atoms with Crippen molar-refractivity contribution in [1.82, 2.24) is 4.98 Å². The van der Waals surface area contributed by atoms with Gasteiger partial charge in [0.25, 0.3) is 0 Å². The van der Waals surface area contributed by atoms with E-state index >= 15 is 0 Å². The highest BCUT2D eigenvalue weighted by Gasteiger charge is 2.11. The Morgan fingerprint density at radius 2 is 1.82 bits per heavy atom. The first kappa shape index (κ1) is 11.7. The van der Waals surface area contributed by atoms with Gasteiger partial charge in [0.15, 0.2) is 0 Å². The molecule has 1 N–H and O–H groups in total. The first-order valence-corrected chi connectivity index (χ1v) is 5.44. The average molecular weight is 231 g/mol. The minimum absolute atomic E-state index is 0.261. The van der Waals surface area contributed by atoms with Gasteiger partial charge >= 0.3 is 0 Å². The van der Waals surface area contributed by atoms with Gasteiger partial charge in [0.2, 0.25) is 0 Å². The number of nitrogens with zero attached hydrogens (tertiary/aromatic N) is 1. The van der Waals surface area contributed by atoms with Crippen molar-refractivity contribution in [3.05, 3.63) is 64.7 Å². The molecular formula is C14H14FNO. The molecule has 17 heavy (non-hydrogen) atoms. The molecule has 2 aromatic rings. The summed E-state index contributed by atoms with van der Waals surface area (Å²) in [6, 6.07) is 8.28. The van der Waals surface area contributed by atoms with Gasteiger partial charge < -0.3 is 5.11 Å². The minimum atomic E-state index is -0.762. The Labute approximate surface area is 99.8 Å². The Morgan fingerprint density at radius 3 is 2.41 bits per heavy atom. The Bertz CT molecular complexity index is 522. The second-order valence-corrected chi connectivity index (χ2v) is 4.14. The SMILES string of the molecule is Cc1ccc(C(O)c2ccc(F)c(C)c2)cn1. The van der Waals surface area contributed by atoms with E-state index in [0.717, 1.165) is 5.69 Å². The fourth-order valence-corrected chi connectivity index (χ4v) is 1.67. The number of pyridine rings is 1. The lowest BCUT2D eigenvalue weighted by molar-refractivity contribution is 0.219. The molecule has 0 bridgehead atoms. The van der Waals surface area contributed by atoms with E-state index < -0.39 is 6.10 Å². The third-order valence-corrected chi connectivity index (χ3v) is 2.75. The second kappa shape index (κ2) is 4.63. The number of aliphatic hydroxyl groups excluding tert-OH is 1. The monoisotopic (exact) mass is 231 g/mol. The summed E-state index contributed by atoms with van der Waals surface area (Å²) in [5.74, 6) is -0.261. The van der Waals surface area contributed by atoms with Crippen molar-refractivity contribution in [2.24, 2.45) is 0 Å². The lowest BCUT2D eigenvalue weighted by Crippen LogP contribution is -2.01. The number of halogens is 1. The number of rotatable bonds is 2. The maximum absolute atomic E-state index is 13.1. The molecule has 0 spiro atoms. The molecule has 2 nitrogen and oxygen atoms in total. The van der Waals surface area contributed by atoms with Crippen molar-refractivity contribution >= 4 is 0 Å². The van der Waals surface area contributed by atoms with E-state index in [0.29, 0.717) is 16.7 Å². The fraction of sp³-hybridized carbons (Fsp3) is 0.214. The molecule has 1 aromatic carbocycles. The van der Waals surface area contributed by atoms with E-state index in [2.05, 4.69) is 4.98 Å². The highest BCUT2D eigenvalue weighted by molar-refractivity contribution is 5.32. The summed E-state index contributed by atoms with van der Waals surface area (Å²) in [5.41, 5.74) is 2.81. The molecule has 88 valence electrons. The van der Waals surface area contributed by atoms with E-state index in [-0.39, 0.29) is 5.82 Å². The number of benzene rings is 1. The molecule has 0 saturated carbocycles. The second-order valence-electron chi connectivity index (χ2n) is 4.14. The van der Waals surface area contributed by atoms with Gasteiger partial charge in [-0.15, -0.1) is 0 Å². The van der Waals surface area contributed by atoms with Crippen molar-refractivity contribution in [3.8, 4) is 0 Å². The zero-order valence-electron chi connectivity index (χ0n) is 9.81. The molecule has 3 heteroatoms. The summed E-state index contributed by atoms with van der Waals surface area (Å²) in [5, 5.41) is 10.1. The third-order valence-electron chi connectivity index (χ3n) is 2.75. The van der Waals surface area contributed by atoms with Crippen LogP contribution in [0.25, 0.3) is 0 Å². The van der Waals surface area contributed by atoms with Crippen LogP contribution in [0.1, 0.15) is 28.5 Å². The van der Waals surface area contributed by atoms with Gasteiger partial charge in [0.1, 0.15) is 11.9 Å². The number of aryl methyl sites for hydroxylation is 2. The van der Waals surface area contributed by atoms with Crippen molar-refractivity contribution in [1.29, 1.82) is 0 Å². The maximum Gasteiger partial charge on any atom is 0.126 e. The summed E-state index contributed by atoms with van der Waals surface area (Å²) in [6.45, 7) is 3.57. The smallest absolute Gasteiger partial charge is 0.126 e. The van der Waals surface area contributed by atoms with Crippen LogP contribution in [0.2, 0.25) is 0 Å². The molecule has 0 aliphatic carbocycles. The van der Waals surface area contributed by atoms with Crippen molar-refractivity contribution < 1.29 is 9.50 Å². The number of aliphatic hydroxyl groups is 1. The van der Waals surface area contributed by atoms with E-state index in [4.69, 9.17) is 0 Å². The minimum Gasteiger partial charge on any atom is -0.384 e. The quantitative estimate of drug-likeness (QED) is 0.862. The molecule has 0 aliphatic rings. The molecule has 1 heterocycles. The van der Waals surface area contributed by atoms with Gasteiger partial charge in [0, 0.05) is 17.5 Å². The van der Waals surface area contributed by atoms with E-state index in [1.54, 1.807) is 25.3 Å². The van der Waals surface area contributed by atoms with Gasteiger partial charge in [0.05, 0.1) is 0 Å². The van der Waals surface area contributed by atoms with Crippen LogP contribution < -0.4 is 0 Å². The van der Waals surface area contributed by atoms with Crippen LogP contribution in [0.4, 0.5) is 4.39 Å². The number of hydrogen-bond donors (Lipinski definition) is 1. The Morgan fingerprint density at radius 1 is 1.12 bits per heavy atom. The largest absolute Gasteiger partial charge is 0.384 e. The molecule has 2 rings (SSSR count). The predicted octanol–water partition coefficient (Wildman–Crippen LogP) is 2.92. The highest BCUT2D eigenvalue weighted by Crippen LogP contribution is 2.23. The molecule has 0 saturated heterocycles. The Kier molecular flexibility index (Phi) is 3.20. The van der Waals surface area contributed by atoms with Crippen LogP contribution >= 0.6 is 0 Å². The van der Waals surface area contributed by atoms with Crippen LogP contribution in [-0.4, -0.2) is 10.1 Å². The lowest BCUT2D eigenvalue weighted by atomic mass is 10.0. The summed E-state index contributed by atoms with van der Waals surface area (Å²) in [6.07, 6.45) is 0.876. The standard InChI is InChI=1S/C14H14FNO/c1-9-7-11(5-6-13(9)15)14(17)12-4-3-10(2)16-8-12/h3-8,14,17H,1-2H3. The van der Waals surface area contributed by atoms with Crippen molar-refractivity contribution in [2.45, 2.75) is 20.0 Å². The van der Waals surface area contributed by atoms with Crippen molar-refractivity contribution in [2.75, 3.05) is 0 Å². The normalized spacial score (nSPS) is 12.5. The highest BCUT2D eigenvalue weighted by atomic mass is 19.1. The molecule has 0 fully saturated rings. The van der Waals surface area contributed by atoms with Gasteiger partial charge in [-0.05, 0) is 37.1 Å². The van der Waals surface area contributed by atoms with E-state index in [1.807, 2.05) is 19.1 Å². The first-order chi connectivity index (χ1) is 8.08. The van der Waals surface area contributed by atoms with Gasteiger partial charge in [-0.1, -0.05) is 18.2 Å². The molecule has 1 aromatic heterocycles. The number of hydrogen-bond acceptors (Lipinski definition) is 2. The average Bonchev–Trinajstić information content (AvgIpc) is 2.33. The zero-order valence-corrected chi connectivity index (χ0v) is 9.81. The van der Waals surface area contributed by atoms with Crippen LogP contribution in [0.5, 0.6) is 0 Å². The summed E-state index contributed by atoms with van der Waals surface area (Å²) in [7, 11) is 0. The van der Waals surface area contributed by atoms with Gasteiger partial charge in [-0.2, -0.15) is 0 Å². The van der Waals surface area contributed by atoms with E-state index in [9.17, 15) is 9.50 Å². The third kappa shape index (κ3) is 2.50. The van der Waals surface area contributed by atoms with Gasteiger partial charge in [-0.3, -0.25) is 4.98 Å². The van der Waals surface area contributed by atoms with Gasteiger partial charge in [-0.25, -0.2) is 4.39 Å². The Balaban J connectivity index is 2.33. The lowest BCUT2D eigenvalue weighted by Gasteiger charge is -2.12. The molecule has 0 aliphatic heterocycles. The molecule has 0 amide bonds. The fourth-order valence-electron chi connectivity index (χ4n) is 1.67. The molecule has 0 radical (unpaired) electrons. The summed E-state index contributed by atoms with van der Waals surface area (Å²) >= 11 is 0. The van der Waals surface area contributed by atoms with E-state index in [1.165, 1.54) is 6.07 Å². The first-order valence-electron chi connectivity index (χ1n) is 5.44. The molecule has 1 atom stereocenters. The summed E-state index contributed by atoms with van der Waals surface area (Å²) in [4.78, 5) is 4.13. The van der Waals surface area contributed by atoms with Crippen LogP contribution in [-0.2, 0) is 0 Å². The topological polar surface area (TPSA) is 33.1 Å². The molecule has 1 unspecified atom stereocenters. The summed E-state index contributed by atoms with van der Waals surface area (Å²) < 4.78 is 13.1. The molecular weight excluding hydrogens is 217 g/mol. The van der Waals surface area contributed by atoms with Crippen LogP contribution in [0.15, 0.2) is 36.5 Å². The number of aromatic nitrogens is 1. The van der Waals surface area contributed by atoms with Crippen molar-refractivity contribution in [3.63, 3.8) is 0 Å². The zero-order chi connectivity index (χ0) is 12.4. The van der Waals surface area contributed by atoms with Crippen LogP contribution in [0.3, 0.4) is 0 Å². The predicted molar refractivity (Wildman–Crippen MR) is 64.2 cm³/mol. The van der Waals surface area contributed by atoms with Crippen LogP contribution in [0, 0.1) is 19.7 Å².